The molecule has 0 aliphatic heterocycles. The SMILES string of the molecule is C=CC(C)C(OC(=O)C(NC(=O)OC(C)(C)C)C(C)(C)O)c1ccccc1. The fraction of sp³-hybridized carbons (Fsp3) is 0.524. The van der Waals surface area contributed by atoms with Crippen molar-refractivity contribution >= 4 is 12.1 Å². The van der Waals surface area contributed by atoms with Crippen LogP contribution in [-0.4, -0.2) is 34.4 Å². The predicted molar refractivity (Wildman–Crippen MR) is 104 cm³/mol. The third-order valence-electron chi connectivity index (χ3n) is 3.82. The maximum Gasteiger partial charge on any atom is 0.408 e. The van der Waals surface area contributed by atoms with E-state index in [1.807, 2.05) is 37.3 Å². The van der Waals surface area contributed by atoms with Crippen LogP contribution in [-0.2, 0) is 14.3 Å². The van der Waals surface area contributed by atoms with E-state index in [0.717, 1.165) is 5.56 Å². The number of hydrogen-bond acceptors (Lipinski definition) is 5. The van der Waals surface area contributed by atoms with E-state index in [1.54, 1.807) is 26.8 Å². The molecule has 0 aromatic heterocycles. The molecule has 0 radical (unpaired) electrons. The van der Waals surface area contributed by atoms with E-state index in [4.69, 9.17) is 9.47 Å². The molecular weight excluding hydrogens is 346 g/mol. The number of rotatable bonds is 7. The second-order valence-electron chi connectivity index (χ2n) is 8.10. The smallest absolute Gasteiger partial charge is 0.408 e. The molecule has 1 amide bonds. The highest BCUT2D eigenvalue weighted by Crippen LogP contribution is 2.28. The average Bonchev–Trinajstić information content (AvgIpc) is 2.55. The number of hydrogen-bond donors (Lipinski definition) is 2. The van der Waals surface area contributed by atoms with Crippen molar-refractivity contribution in [1.29, 1.82) is 0 Å². The minimum atomic E-state index is -1.55. The van der Waals surface area contributed by atoms with E-state index in [9.17, 15) is 14.7 Å². The van der Waals surface area contributed by atoms with E-state index in [1.165, 1.54) is 13.8 Å². The molecule has 3 atom stereocenters. The van der Waals surface area contributed by atoms with Gasteiger partial charge in [0.2, 0.25) is 0 Å². The highest BCUT2D eigenvalue weighted by atomic mass is 16.6. The van der Waals surface area contributed by atoms with Gasteiger partial charge in [0.25, 0.3) is 0 Å². The lowest BCUT2D eigenvalue weighted by molar-refractivity contribution is -0.160. The van der Waals surface area contributed by atoms with Crippen LogP contribution in [0, 0.1) is 5.92 Å². The van der Waals surface area contributed by atoms with Gasteiger partial charge in [-0.1, -0.05) is 43.3 Å². The third kappa shape index (κ3) is 7.43. The summed E-state index contributed by atoms with van der Waals surface area (Å²) in [6.45, 7) is 13.6. The Hall–Kier alpha value is -2.34. The maximum atomic E-state index is 12.8. The molecule has 0 aliphatic carbocycles. The molecule has 0 fully saturated rings. The standard InChI is InChI=1S/C21H31NO5/c1-8-14(2)16(15-12-10-9-11-13-15)26-18(23)17(21(6,7)25)22-19(24)27-20(3,4)5/h8-14,16-17,25H,1H2,2-7H3,(H,22,24). The Morgan fingerprint density at radius 3 is 2.15 bits per heavy atom. The van der Waals surface area contributed by atoms with Crippen molar-refractivity contribution in [3.63, 3.8) is 0 Å². The molecule has 0 heterocycles. The monoisotopic (exact) mass is 377 g/mol. The molecule has 2 N–H and O–H groups in total. The van der Waals surface area contributed by atoms with Gasteiger partial charge in [0.05, 0.1) is 5.60 Å². The molecule has 0 saturated heterocycles. The molecule has 6 heteroatoms. The Bertz CT molecular complexity index is 643. The average molecular weight is 377 g/mol. The van der Waals surface area contributed by atoms with Gasteiger partial charge in [-0.3, -0.25) is 0 Å². The van der Waals surface area contributed by atoms with Gasteiger partial charge in [-0.15, -0.1) is 6.58 Å². The van der Waals surface area contributed by atoms with Crippen LogP contribution < -0.4 is 5.32 Å². The Morgan fingerprint density at radius 1 is 1.15 bits per heavy atom. The molecule has 0 bridgehead atoms. The van der Waals surface area contributed by atoms with Gasteiger partial charge in [-0.25, -0.2) is 9.59 Å². The quantitative estimate of drug-likeness (QED) is 0.558. The summed E-state index contributed by atoms with van der Waals surface area (Å²) in [4.78, 5) is 24.9. The van der Waals surface area contributed by atoms with Crippen LogP contribution in [0.1, 0.15) is 53.2 Å². The highest BCUT2D eigenvalue weighted by Gasteiger charge is 2.39. The Kier molecular flexibility index (Phi) is 7.60. The summed E-state index contributed by atoms with van der Waals surface area (Å²) in [5.41, 5.74) is -1.49. The second kappa shape index (κ2) is 9.04. The first-order valence-corrected chi connectivity index (χ1v) is 8.95. The number of benzene rings is 1. The van der Waals surface area contributed by atoms with Crippen LogP contribution in [0.5, 0.6) is 0 Å². The lowest BCUT2D eigenvalue weighted by Gasteiger charge is -2.32. The Labute approximate surface area is 161 Å². The van der Waals surface area contributed by atoms with Crippen LogP contribution >= 0.6 is 0 Å². The Morgan fingerprint density at radius 2 is 1.70 bits per heavy atom. The molecule has 0 saturated carbocycles. The van der Waals surface area contributed by atoms with E-state index in [0.29, 0.717) is 0 Å². The third-order valence-corrected chi connectivity index (χ3v) is 3.82. The minimum absolute atomic E-state index is 0.166. The van der Waals surface area contributed by atoms with Crippen LogP contribution in [0.25, 0.3) is 0 Å². The van der Waals surface area contributed by atoms with Gasteiger partial charge >= 0.3 is 12.1 Å². The first kappa shape index (κ1) is 22.7. The van der Waals surface area contributed by atoms with Gasteiger partial charge in [0, 0.05) is 5.92 Å². The molecule has 0 spiro atoms. The lowest BCUT2D eigenvalue weighted by atomic mass is 9.96. The number of amides is 1. The van der Waals surface area contributed by atoms with Gasteiger partial charge in [0.1, 0.15) is 11.7 Å². The molecule has 6 nitrogen and oxygen atoms in total. The lowest BCUT2D eigenvalue weighted by Crippen LogP contribution is -2.55. The topological polar surface area (TPSA) is 84.9 Å². The molecule has 3 unspecified atom stereocenters. The molecule has 150 valence electrons. The number of esters is 1. The summed E-state index contributed by atoms with van der Waals surface area (Å²) in [5, 5.41) is 12.8. The van der Waals surface area contributed by atoms with Crippen molar-refractivity contribution in [3.05, 3.63) is 48.6 Å². The summed E-state index contributed by atoms with van der Waals surface area (Å²) >= 11 is 0. The van der Waals surface area contributed by atoms with E-state index < -0.39 is 35.4 Å². The van der Waals surface area contributed by atoms with Gasteiger partial charge in [-0.05, 0) is 40.2 Å². The van der Waals surface area contributed by atoms with Crippen LogP contribution in [0.2, 0.25) is 0 Å². The number of carbonyl (C=O) groups excluding carboxylic acids is 2. The van der Waals surface area contributed by atoms with Crippen molar-refractivity contribution in [2.24, 2.45) is 5.92 Å². The largest absolute Gasteiger partial charge is 0.455 e. The number of alkyl carbamates (subject to hydrolysis) is 1. The van der Waals surface area contributed by atoms with Crippen molar-refractivity contribution in [3.8, 4) is 0 Å². The summed E-state index contributed by atoms with van der Waals surface area (Å²) < 4.78 is 10.9. The summed E-state index contributed by atoms with van der Waals surface area (Å²) in [5.74, 6) is -0.920. The molecule has 1 aromatic rings. The van der Waals surface area contributed by atoms with Crippen LogP contribution in [0.15, 0.2) is 43.0 Å². The summed E-state index contributed by atoms with van der Waals surface area (Å²) in [6.07, 6.45) is 0.284. The van der Waals surface area contributed by atoms with E-state index in [2.05, 4.69) is 11.9 Å². The Balaban J connectivity index is 3.03. The minimum Gasteiger partial charge on any atom is -0.455 e. The normalized spacial score (nSPS) is 15.2. The van der Waals surface area contributed by atoms with Crippen LogP contribution in [0.3, 0.4) is 0 Å². The highest BCUT2D eigenvalue weighted by molar-refractivity contribution is 5.83. The fourth-order valence-electron chi connectivity index (χ4n) is 2.39. The molecule has 0 aliphatic rings. The van der Waals surface area contributed by atoms with Crippen molar-refractivity contribution < 1.29 is 24.2 Å². The van der Waals surface area contributed by atoms with Crippen molar-refractivity contribution in [2.75, 3.05) is 0 Å². The number of ether oxygens (including phenoxy) is 2. The predicted octanol–water partition coefficient (Wildman–Crippen LogP) is 3.76. The number of aliphatic hydroxyl groups is 1. The van der Waals surface area contributed by atoms with Gasteiger partial charge in [-0.2, -0.15) is 0 Å². The van der Waals surface area contributed by atoms with Crippen molar-refractivity contribution in [2.45, 2.75) is 64.9 Å². The zero-order chi connectivity index (χ0) is 20.8. The zero-order valence-corrected chi connectivity index (χ0v) is 17.0. The number of carbonyl (C=O) groups is 2. The summed E-state index contributed by atoms with van der Waals surface area (Å²) in [6, 6.07) is 7.95. The summed E-state index contributed by atoms with van der Waals surface area (Å²) in [7, 11) is 0. The second-order valence-corrected chi connectivity index (χ2v) is 8.10. The first-order valence-electron chi connectivity index (χ1n) is 8.95. The first-order chi connectivity index (χ1) is 12.3. The fourth-order valence-corrected chi connectivity index (χ4v) is 2.39. The zero-order valence-electron chi connectivity index (χ0n) is 17.0. The molecule has 1 aromatic carbocycles. The van der Waals surface area contributed by atoms with E-state index >= 15 is 0 Å². The maximum absolute atomic E-state index is 12.8. The van der Waals surface area contributed by atoms with E-state index in [-0.39, 0.29) is 5.92 Å². The molecule has 1 rings (SSSR count). The van der Waals surface area contributed by atoms with Gasteiger partial charge in [0.15, 0.2) is 6.04 Å². The van der Waals surface area contributed by atoms with Crippen LogP contribution in [0.4, 0.5) is 4.79 Å². The molecule has 27 heavy (non-hydrogen) atoms. The molecular formula is C21H31NO5. The van der Waals surface area contributed by atoms with Gasteiger partial charge < -0.3 is 19.9 Å². The van der Waals surface area contributed by atoms with Crippen molar-refractivity contribution in [1.82, 2.24) is 5.32 Å². The number of nitrogens with one attached hydrogen (secondary N) is 1.